The van der Waals surface area contributed by atoms with E-state index in [-0.39, 0.29) is 46.5 Å². The molecule has 7 heteroatoms. The molecular formula is C24H23BrN2O4. The number of carbonyl (C=O) groups excluding carboxylic acids is 3. The number of alkyl halides is 1. The zero-order valence-electron chi connectivity index (χ0n) is 17.2. The number of nitrogens with one attached hydrogen (secondary N) is 2. The molecule has 5 rings (SSSR count). The van der Waals surface area contributed by atoms with Crippen molar-refractivity contribution in [3.8, 4) is 0 Å². The third kappa shape index (κ3) is 3.45. The van der Waals surface area contributed by atoms with Crippen molar-refractivity contribution in [3.05, 3.63) is 59.2 Å². The highest BCUT2D eigenvalue weighted by Crippen LogP contribution is 2.60. The van der Waals surface area contributed by atoms with Crippen molar-refractivity contribution in [2.45, 2.75) is 31.2 Å². The number of halogens is 1. The molecule has 2 N–H and O–H groups in total. The number of carbonyl (C=O) groups is 3. The van der Waals surface area contributed by atoms with E-state index >= 15 is 0 Å². The number of fused-ring (bicyclic) bond motifs is 1. The molecule has 2 bridgehead atoms. The Kier molecular flexibility index (Phi) is 4.88. The molecule has 3 fully saturated rings. The van der Waals surface area contributed by atoms with Crippen molar-refractivity contribution < 1.29 is 19.1 Å². The molecule has 6 atom stereocenters. The fourth-order valence-corrected chi connectivity index (χ4v) is 6.59. The summed E-state index contributed by atoms with van der Waals surface area (Å²) in [5, 5.41) is 5.83. The highest BCUT2D eigenvalue weighted by molar-refractivity contribution is 9.09. The zero-order valence-corrected chi connectivity index (χ0v) is 18.8. The largest absolute Gasteiger partial charge is 0.461 e. The Morgan fingerprint density at radius 2 is 1.74 bits per heavy atom. The molecule has 3 aliphatic rings. The Hall–Kier alpha value is -2.67. The monoisotopic (exact) mass is 482 g/mol. The summed E-state index contributed by atoms with van der Waals surface area (Å²) in [6, 6.07) is 12.7. The lowest BCUT2D eigenvalue weighted by atomic mass is 9.79. The number of esters is 1. The minimum atomic E-state index is -0.409. The van der Waals surface area contributed by atoms with Crippen LogP contribution in [-0.4, -0.2) is 28.7 Å². The molecule has 6 nitrogen and oxygen atoms in total. The second kappa shape index (κ2) is 7.48. The van der Waals surface area contributed by atoms with Crippen molar-refractivity contribution in [1.82, 2.24) is 0 Å². The van der Waals surface area contributed by atoms with Crippen LogP contribution < -0.4 is 10.6 Å². The summed E-state index contributed by atoms with van der Waals surface area (Å²) in [5.74, 6) is -1.26. The molecule has 0 aromatic heterocycles. The first-order valence-corrected chi connectivity index (χ1v) is 11.4. The van der Waals surface area contributed by atoms with Gasteiger partial charge in [0.1, 0.15) is 6.10 Å². The van der Waals surface area contributed by atoms with Gasteiger partial charge in [-0.15, -0.1) is 0 Å². The maximum absolute atomic E-state index is 13.1. The predicted molar refractivity (Wildman–Crippen MR) is 120 cm³/mol. The van der Waals surface area contributed by atoms with E-state index in [2.05, 4.69) is 26.6 Å². The van der Waals surface area contributed by atoms with Crippen LogP contribution in [0.1, 0.15) is 27.9 Å². The van der Waals surface area contributed by atoms with Crippen LogP contribution in [0.4, 0.5) is 11.4 Å². The number of hydrogen-bond donors (Lipinski definition) is 2. The number of benzene rings is 2. The van der Waals surface area contributed by atoms with Gasteiger partial charge in [0.2, 0.25) is 5.91 Å². The molecular weight excluding hydrogens is 460 g/mol. The third-order valence-electron chi connectivity index (χ3n) is 6.70. The van der Waals surface area contributed by atoms with E-state index in [1.807, 2.05) is 32.0 Å². The first kappa shape index (κ1) is 20.2. The minimum Gasteiger partial charge on any atom is -0.461 e. The first-order chi connectivity index (χ1) is 14.8. The van der Waals surface area contributed by atoms with Gasteiger partial charge in [-0.2, -0.15) is 0 Å². The standard InChI is InChI=1S/C24H23BrN2O4/c1-11-6-12(2)8-15(7-11)27-22(28)13-4-3-5-14(9-13)26-23(29)18-16-10-17-19(18)24(30)31-21(17)20(16)25/h3-9,16-21H,10H2,1-2H3,(H,26,29)(H,27,28)/t16-,17-,18-,19+,20+,21+/m1/s1. The summed E-state index contributed by atoms with van der Waals surface area (Å²) in [6.07, 6.45) is 0.719. The lowest BCUT2D eigenvalue weighted by Gasteiger charge is -2.27. The predicted octanol–water partition coefficient (Wildman–Crippen LogP) is 4.07. The summed E-state index contributed by atoms with van der Waals surface area (Å²) in [5.41, 5.74) is 3.86. The molecule has 1 saturated heterocycles. The van der Waals surface area contributed by atoms with E-state index in [1.54, 1.807) is 24.3 Å². The molecule has 160 valence electrons. The van der Waals surface area contributed by atoms with Crippen LogP contribution in [0.3, 0.4) is 0 Å². The molecule has 1 aliphatic heterocycles. The van der Waals surface area contributed by atoms with E-state index in [9.17, 15) is 14.4 Å². The van der Waals surface area contributed by atoms with E-state index in [0.29, 0.717) is 11.3 Å². The number of hydrogen-bond acceptors (Lipinski definition) is 4. The van der Waals surface area contributed by atoms with Crippen molar-refractivity contribution >= 4 is 45.1 Å². The Bertz CT molecular complexity index is 1080. The van der Waals surface area contributed by atoms with E-state index in [0.717, 1.165) is 23.2 Å². The number of aryl methyl sites for hydroxylation is 2. The van der Waals surface area contributed by atoms with Crippen LogP contribution in [0.5, 0.6) is 0 Å². The van der Waals surface area contributed by atoms with Gasteiger partial charge in [-0.05, 0) is 67.6 Å². The maximum Gasteiger partial charge on any atom is 0.310 e. The Balaban J connectivity index is 1.31. The Labute approximate surface area is 188 Å². The molecule has 0 radical (unpaired) electrons. The van der Waals surface area contributed by atoms with Gasteiger partial charge >= 0.3 is 5.97 Å². The quantitative estimate of drug-likeness (QED) is 0.508. The molecule has 2 aromatic rings. The van der Waals surface area contributed by atoms with E-state index in [4.69, 9.17) is 4.74 Å². The molecule has 0 unspecified atom stereocenters. The van der Waals surface area contributed by atoms with Gasteiger partial charge < -0.3 is 15.4 Å². The van der Waals surface area contributed by atoms with Crippen LogP contribution in [-0.2, 0) is 14.3 Å². The molecule has 1 heterocycles. The number of anilines is 2. The normalized spacial score (nSPS) is 30.2. The van der Waals surface area contributed by atoms with Gasteiger partial charge in [0.25, 0.3) is 5.91 Å². The SMILES string of the molecule is Cc1cc(C)cc(NC(=O)c2cccc(NC(=O)[C@@H]3[C@H]4C[C@H]5[C@H](OC(=O)[C@@H]53)[C@H]4Br)c2)c1. The van der Waals surface area contributed by atoms with Crippen molar-refractivity contribution in [3.63, 3.8) is 0 Å². The second-order valence-corrected chi connectivity index (χ2v) is 9.92. The van der Waals surface area contributed by atoms with Crippen LogP contribution in [0.15, 0.2) is 42.5 Å². The smallest absolute Gasteiger partial charge is 0.310 e. The van der Waals surface area contributed by atoms with E-state index < -0.39 is 5.92 Å². The molecule has 2 amide bonds. The highest BCUT2D eigenvalue weighted by Gasteiger charge is 2.67. The van der Waals surface area contributed by atoms with Gasteiger partial charge in [-0.3, -0.25) is 14.4 Å². The van der Waals surface area contributed by atoms with Crippen LogP contribution in [0, 0.1) is 37.5 Å². The summed E-state index contributed by atoms with van der Waals surface area (Å²) in [6.45, 7) is 3.96. The van der Waals surface area contributed by atoms with Crippen molar-refractivity contribution in [2.75, 3.05) is 10.6 Å². The van der Waals surface area contributed by atoms with Crippen molar-refractivity contribution in [2.24, 2.45) is 23.7 Å². The van der Waals surface area contributed by atoms with Crippen LogP contribution >= 0.6 is 15.9 Å². The average Bonchev–Trinajstić information content (AvgIpc) is 3.31. The maximum atomic E-state index is 13.1. The summed E-state index contributed by atoms with van der Waals surface area (Å²) in [4.78, 5) is 38.1. The number of rotatable bonds is 4. The lowest BCUT2D eigenvalue weighted by Crippen LogP contribution is -2.40. The van der Waals surface area contributed by atoms with Gasteiger partial charge in [0.05, 0.1) is 16.7 Å². The van der Waals surface area contributed by atoms with Crippen molar-refractivity contribution in [1.29, 1.82) is 0 Å². The average molecular weight is 483 g/mol. The third-order valence-corrected chi connectivity index (χ3v) is 7.90. The second-order valence-electron chi connectivity index (χ2n) is 8.86. The van der Waals surface area contributed by atoms with Crippen LogP contribution in [0.25, 0.3) is 0 Å². The number of ether oxygens (including phenoxy) is 1. The molecule has 2 aromatic carbocycles. The fraction of sp³-hybridized carbons (Fsp3) is 0.375. The van der Waals surface area contributed by atoms with Crippen LogP contribution in [0.2, 0.25) is 0 Å². The lowest BCUT2D eigenvalue weighted by molar-refractivity contribution is -0.145. The summed E-state index contributed by atoms with van der Waals surface area (Å²) < 4.78 is 5.49. The molecule has 31 heavy (non-hydrogen) atoms. The van der Waals surface area contributed by atoms with E-state index in [1.165, 1.54) is 0 Å². The molecule has 2 aliphatic carbocycles. The minimum absolute atomic E-state index is 0.0193. The number of amides is 2. The summed E-state index contributed by atoms with van der Waals surface area (Å²) >= 11 is 3.63. The fourth-order valence-electron chi connectivity index (χ4n) is 5.54. The first-order valence-electron chi connectivity index (χ1n) is 10.5. The molecule has 2 saturated carbocycles. The zero-order chi connectivity index (χ0) is 21.9. The molecule has 0 spiro atoms. The highest BCUT2D eigenvalue weighted by atomic mass is 79.9. The Morgan fingerprint density at radius 3 is 2.48 bits per heavy atom. The Morgan fingerprint density at radius 1 is 1.00 bits per heavy atom. The topological polar surface area (TPSA) is 84.5 Å². The van der Waals surface area contributed by atoms with Gasteiger partial charge in [0.15, 0.2) is 0 Å². The van der Waals surface area contributed by atoms with Gasteiger partial charge in [0, 0.05) is 22.9 Å². The van der Waals surface area contributed by atoms with Gasteiger partial charge in [-0.1, -0.05) is 28.1 Å². The summed E-state index contributed by atoms with van der Waals surface area (Å²) in [7, 11) is 0. The van der Waals surface area contributed by atoms with Gasteiger partial charge in [-0.25, -0.2) is 0 Å².